The van der Waals surface area contributed by atoms with Crippen molar-refractivity contribution in [2.45, 2.75) is 19.8 Å². The van der Waals surface area contributed by atoms with Gasteiger partial charge in [0.1, 0.15) is 0 Å². The summed E-state index contributed by atoms with van der Waals surface area (Å²) in [5.74, 6) is -0.684. The minimum atomic E-state index is -0.991. The quantitative estimate of drug-likeness (QED) is 0.620. The van der Waals surface area contributed by atoms with Gasteiger partial charge in [-0.05, 0) is 47.9 Å². The molecule has 0 bridgehead atoms. The molecular weight excluding hydrogens is 345 g/mol. The number of pyridine rings is 1. The van der Waals surface area contributed by atoms with Gasteiger partial charge in [-0.25, -0.2) is 9.78 Å². The third kappa shape index (κ3) is 3.10. The monoisotopic (exact) mass is 359 g/mol. The van der Waals surface area contributed by atoms with Crippen molar-refractivity contribution in [3.8, 4) is 11.3 Å². The fourth-order valence-corrected chi connectivity index (χ4v) is 3.12. The van der Waals surface area contributed by atoms with E-state index in [1.165, 1.54) is 0 Å². The summed E-state index contributed by atoms with van der Waals surface area (Å²) in [4.78, 5) is 16.3. The van der Waals surface area contributed by atoms with Gasteiger partial charge >= 0.3 is 5.97 Å². The third-order valence-corrected chi connectivity index (χ3v) is 4.48. The molecule has 0 atom stereocenters. The number of nitrogens with zero attached hydrogens (tertiary/aromatic N) is 1. The molecule has 122 valence electrons. The number of aromatic carboxylic acids is 1. The number of hydrogen-bond acceptors (Lipinski definition) is 2. The van der Waals surface area contributed by atoms with Gasteiger partial charge in [0.15, 0.2) is 0 Å². The smallest absolute Gasteiger partial charge is 0.336 e. The number of benzene rings is 2. The summed E-state index contributed by atoms with van der Waals surface area (Å²) in [5, 5.41) is 11.2. The molecular formula is C19H15Cl2NO2. The average molecular weight is 360 g/mol. The standard InChI is InChI=1S/C19H15Cl2NO2/c1-10(2)11-3-6-17-14(7-11)15(19(23)24)9-18(22-17)13-5-4-12(20)8-16(13)21/h3-10H,1-2H3,(H,23,24). The first-order chi connectivity index (χ1) is 11.4. The zero-order valence-electron chi connectivity index (χ0n) is 13.2. The van der Waals surface area contributed by atoms with Gasteiger partial charge in [0.2, 0.25) is 0 Å². The largest absolute Gasteiger partial charge is 0.478 e. The summed E-state index contributed by atoms with van der Waals surface area (Å²) >= 11 is 12.2. The molecule has 3 rings (SSSR count). The van der Waals surface area contributed by atoms with Gasteiger partial charge in [-0.15, -0.1) is 0 Å². The molecule has 5 heteroatoms. The van der Waals surface area contributed by atoms with Crippen molar-refractivity contribution in [3.05, 3.63) is 63.6 Å². The molecule has 0 unspecified atom stereocenters. The van der Waals surface area contributed by atoms with Gasteiger partial charge < -0.3 is 5.11 Å². The summed E-state index contributed by atoms with van der Waals surface area (Å²) < 4.78 is 0. The lowest BCUT2D eigenvalue weighted by Crippen LogP contribution is -2.01. The Morgan fingerprint density at radius 2 is 1.83 bits per heavy atom. The van der Waals surface area contributed by atoms with E-state index in [2.05, 4.69) is 18.8 Å². The Morgan fingerprint density at radius 3 is 2.46 bits per heavy atom. The lowest BCUT2D eigenvalue weighted by atomic mass is 9.97. The second-order valence-corrected chi connectivity index (χ2v) is 6.76. The van der Waals surface area contributed by atoms with E-state index in [-0.39, 0.29) is 5.56 Å². The highest BCUT2D eigenvalue weighted by molar-refractivity contribution is 6.36. The van der Waals surface area contributed by atoms with E-state index in [9.17, 15) is 9.90 Å². The van der Waals surface area contributed by atoms with Crippen LogP contribution in [-0.4, -0.2) is 16.1 Å². The Bertz CT molecular complexity index is 951. The number of carboxylic acids is 1. The minimum absolute atomic E-state index is 0.212. The number of fused-ring (bicyclic) bond motifs is 1. The average Bonchev–Trinajstić information content (AvgIpc) is 2.53. The predicted molar refractivity (Wildman–Crippen MR) is 98.2 cm³/mol. The Hall–Kier alpha value is -2.10. The van der Waals surface area contributed by atoms with E-state index in [0.717, 1.165) is 5.56 Å². The van der Waals surface area contributed by atoms with Crippen molar-refractivity contribution < 1.29 is 9.90 Å². The Kier molecular flexibility index (Phi) is 4.48. The van der Waals surface area contributed by atoms with Crippen LogP contribution in [0.3, 0.4) is 0 Å². The van der Waals surface area contributed by atoms with Crippen molar-refractivity contribution >= 4 is 40.1 Å². The van der Waals surface area contributed by atoms with Crippen LogP contribution >= 0.6 is 23.2 Å². The van der Waals surface area contributed by atoms with Crippen LogP contribution in [0.5, 0.6) is 0 Å². The Labute approximate surface area is 149 Å². The summed E-state index contributed by atoms with van der Waals surface area (Å²) in [5.41, 5.74) is 3.07. The molecule has 0 fully saturated rings. The van der Waals surface area contributed by atoms with Crippen molar-refractivity contribution in [1.29, 1.82) is 0 Å². The van der Waals surface area contributed by atoms with Crippen LogP contribution in [0.1, 0.15) is 35.7 Å². The van der Waals surface area contributed by atoms with Crippen molar-refractivity contribution in [3.63, 3.8) is 0 Å². The number of aromatic nitrogens is 1. The second-order valence-electron chi connectivity index (χ2n) is 5.92. The summed E-state index contributed by atoms with van der Waals surface area (Å²) in [6, 6.07) is 12.3. The fourth-order valence-electron chi connectivity index (χ4n) is 2.61. The van der Waals surface area contributed by atoms with Crippen LogP contribution in [0.25, 0.3) is 22.2 Å². The second kappa shape index (κ2) is 6.42. The molecule has 0 radical (unpaired) electrons. The van der Waals surface area contributed by atoms with Crippen LogP contribution in [0.15, 0.2) is 42.5 Å². The van der Waals surface area contributed by atoms with Crippen LogP contribution < -0.4 is 0 Å². The van der Waals surface area contributed by atoms with Gasteiger partial charge in [-0.3, -0.25) is 0 Å². The molecule has 1 heterocycles. The maximum atomic E-state index is 11.7. The zero-order valence-corrected chi connectivity index (χ0v) is 14.7. The van der Waals surface area contributed by atoms with Crippen LogP contribution in [0.2, 0.25) is 10.0 Å². The van der Waals surface area contributed by atoms with Gasteiger partial charge in [0.25, 0.3) is 0 Å². The summed E-state index contributed by atoms with van der Waals surface area (Å²) in [6.45, 7) is 4.13. The molecule has 1 N–H and O–H groups in total. The first-order valence-electron chi connectivity index (χ1n) is 7.50. The van der Waals surface area contributed by atoms with Crippen molar-refractivity contribution in [2.24, 2.45) is 0 Å². The van der Waals surface area contributed by atoms with Gasteiger partial charge in [0, 0.05) is 16.0 Å². The van der Waals surface area contributed by atoms with E-state index in [1.807, 2.05) is 18.2 Å². The number of rotatable bonds is 3. The van der Waals surface area contributed by atoms with E-state index in [1.54, 1.807) is 24.3 Å². The lowest BCUT2D eigenvalue weighted by Gasteiger charge is -2.11. The minimum Gasteiger partial charge on any atom is -0.478 e. The molecule has 24 heavy (non-hydrogen) atoms. The molecule has 3 nitrogen and oxygen atoms in total. The Balaban J connectivity index is 2.28. The molecule has 0 spiro atoms. The highest BCUT2D eigenvalue weighted by Gasteiger charge is 2.15. The van der Waals surface area contributed by atoms with E-state index in [4.69, 9.17) is 23.2 Å². The molecule has 0 saturated heterocycles. The van der Waals surface area contributed by atoms with Gasteiger partial charge in [0.05, 0.1) is 21.8 Å². The highest BCUT2D eigenvalue weighted by atomic mass is 35.5. The van der Waals surface area contributed by atoms with Crippen molar-refractivity contribution in [2.75, 3.05) is 0 Å². The predicted octanol–water partition coefficient (Wildman–Crippen LogP) is 6.03. The molecule has 1 aromatic heterocycles. The summed E-state index contributed by atoms with van der Waals surface area (Å²) in [6.07, 6.45) is 0. The van der Waals surface area contributed by atoms with Crippen LogP contribution in [0, 0.1) is 0 Å². The molecule has 0 aliphatic heterocycles. The summed E-state index contributed by atoms with van der Waals surface area (Å²) in [7, 11) is 0. The molecule has 0 amide bonds. The molecule has 0 aliphatic rings. The number of halogens is 2. The molecule has 2 aromatic carbocycles. The fraction of sp³-hybridized carbons (Fsp3) is 0.158. The van der Waals surface area contributed by atoms with E-state index < -0.39 is 5.97 Å². The topological polar surface area (TPSA) is 50.2 Å². The number of hydrogen-bond donors (Lipinski definition) is 1. The maximum Gasteiger partial charge on any atom is 0.336 e. The van der Waals surface area contributed by atoms with E-state index in [0.29, 0.717) is 38.1 Å². The number of carbonyl (C=O) groups is 1. The van der Waals surface area contributed by atoms with Gasteiger partial charge in [-0.1, -0.05) is 43.1 Å². The zero-order chi connectivity index (χ0) is 17.4. The highest BCUT2D eigenvalue weighted by Crippen LogP contribution is 2.32. The molecule has 3 aromatic rings. The molecule has 0 saturated carbocycles. The van der Waals surface area contributed by atoms with Crippen LogP contribution in [0.4, 0.5) is 0 Å². The van der Waals surface area contributed by atoms with Gasteiger partial charge in [-0.2, -0.15) is 0 Å². The first kappa shape index (κ1) is 16.7. The SMILES string of the molecule is CC(C)c1ccc2nc(-c3ccc(Cl)cc3Cl)cc(C(=O)O)c2c1. The van der Waals surface area contributed by atoms with Crippen LogP contribution in [-0.2, 0) is 0 Å². The van der Waals surface area contributed by atoms with E-state index >= 15 is 0 Å². The number of carboxylic acid groups (broad SMARTS) is 1. The third-order valence-electron chi connectivity index (χ3n) is 3.94. The first-order valence-corrected chi connectivity index (χ1v) is 8.26. The lowest BCUT2D eigenvalue weighted by molar-refractivity contribution is 0.0699. The Morgan fingerprint density at radius 1 is 1.08 bits per heavy atom. The maximum absolute atomic E-state index is 11.7. The normalized spacial score (nSPS) is 11.2. The van der Waals surface area contributed by atoms with Crippen molar-refractivity contribution in [1.82, 2.24) is 4.98 Å². The molecule has 0 aliphatic carbocycles.